The number of rotatable bonds is 6. The number of anilines is 1. The average Bonchev–Trinajstić information content (AvgIpc) is 2.74. The van der Waals surface area contributed by atoms with Crippen molar-refractivity contribution in [1.29, 1.82) is 5.26 Å². The van der Waals surface area contributed by atoms with Crippen molar-refractivity contribution < 1.29 is 9.53 Å². The van der Waals surface area contributed by atoms with Crippen molar-refractivity contribution in [2.75, 3.05) is 5.32 Å². The molecule has 4 nitrogen and oxygen atoms in total. The van der Waals surface area contributed by atoms with Gasteiger partial charge in [0, 0.05) is 30.2 Å². The Morgan fingerprint density at radius 2 is 1.70 bits per heavy atom. The summed E-state index contributed by atoms with van der Waals surface area (Å²) >= 11 is 10.3. The molecule has 0 spiro atoms. The highest BCUT2D eigenvalue weighted by molar-refractivity contribution is 9.11. The Morgan fingerprint density at radius 3 is 2.40 bits per heavy atom. The molecule has 0 aliphatic heterocycles. The Hall–Kier alpha value is -2.40. The molecule has 0 unspecified atom stereocenters. The molecule has 0 saturated heterocycles. The summed E-state index contributed by atoms with van der Waals surface area (Å²) < 4.78 is 8.64. The number of halogens is 3. The van der Waals surface area contributed by atoms with Crippen LogP contribution in [0.1, 0.15) is 11.1 Å². The summed E-state index contributed by atoms with van der Waals surface area (Å²) in [5.74, 6) is 0.0784. The SMILES string of the molecule is N#C/C(=C\c1cc(Br)ccc1OCc1ccccc1Br)C(=O)Nc1ccc(Br)cc1. The van der Waals surface area contributed by atoms with Crippen molar-refractivity contribution in [1.82, 2.24) is 0 Å². The second-order valence-corrected chi connectivity index (χ2v) is 8.88. The van der Waals surface area contributed by atoms with Gasteiger partial charge in [-0.3, -0.25) is 4.79 Å². The predicted molar refractivity (Wildman–Crippen MR) is 129 cm³/mol. The number of nitrogens with zero attached hydrogens (tertiary/aromatic N) is 1. The van der Waals surface area contributed by atoms with Crippen LogP contribution in [0, 0.1) is 11.3 Å². The van der Waals surface area contributed by atoms with E-state index in [9.17, 15) is 10.1 Å². The van der Waals surface area contributed by atoms with Gasteiger partial charge in [0.05, 0.1) is 0 Å². The number of hydrogen-bond acceptors (Lipinski definition) is 3. The Balaban J connectivity index is 1.83. The van der Waals surface area contributed by atoms with Crippen molar-refractivity contribution in [3.05, 3.63) is 96.8 Å². The van der Waals surface area contributed by atoms with Crippen LogP contribution < -0.4 is 10.1 Å². The van der Waals surface area contributed by atoms with Crippen LogP contribution in [0.15, 0.2) is 85.7 Å². The molecule has 0 saturated carbocycles. The van der Waals surface area contributed by atoms with Gasteiger partial charge in [-0.25, -0.2) is 0 Å². The summed E-state index contributed by atoms with van der Waals surface area (Å²) in [6.45, 7) is 0.344. The minimum absolute atomic E-state index is 0.0261. The molecule has 3 rings (SSSR count). The molecule has 0 aliphatic rings. The van der Waals surface area contributed by atoms with Gasteiger partial charge in [0.1, 0.15) is 24.0 Å². The van der Waals surface area contributed by atoms with E-state index < -0.39 is 5.91 Å². The minimum Gasteiger partial charge on any atom is -0.488 e. The van der Waals surface area contributed by atoms with E-state index in [0.717, 1.165) is 19.0 Å². The Kier molecular flexibility index (Phi) is 7.86. The molecule has 1 N–H and O–H groups in total. The summed E-state index contributed by atoms with van der Waals surface area (Å²) in [6.07, 6.45) is 1.52. The van der Waals surface area contributed by atoms with Crippen LogP contribution in [0.2, 0.25) is 0 Å². The van der Waals surface area contributed by atoms with Crippen molar-refractivity contribution in [3.63, 3.8) is 0 Å². The molecule has 1 amide bonds. The number of nitrogens with one attached hydrogen (secondary N) is 1. The largest absolute Gasteiger partial charge is 0.488 e. The third kappa shape index (κ3) is 6.05. The fraction of sp³-hybridized carbons (Fsp3) is 0.0435. The van der Waals surface area contributed by atoms with E-state index in [-0.39, 0.29) is 5.57 Å². The van der Waals surface area contributed by atoms with E-state index in [0.29, 0.717) is 23.6 Å². The third-order valence-electron chi connectivity index (χ3n) is 4.08. The molecule has 0 heterocycles. The molecule has 0 aliphatic carbocycles. The topological polar surface area (TPSA) is 62.1 Å². The number of benzene rings is 3. The number of hydrogen-bond donors (Lipinski definition) is 1. The van der Waals surface area contributed by atoms with Crippen LogP contribution in [0.25, 0.3) is 6.08 Å². The summed E-state index contributed by atoms with van der Waals surface area (Å²) in [5.41, 5.74) is 2.19. The van der Waals surface area contributed by atoms with E-state index in [2.05, 4.69) is 53.1 Å². The summed E-state index contributed by atoms with van der Waals surface area (Å²) in [4.78, 5) is 12.6. The lowest BCUT2D eigenvalue weighted by atomic mass is 10.1. The first kappa shape index (κ1) is 22.3. The average molecular weight is 591 g/mol. The lowest BCUT2D eigenvalue weighted by Gasteiger charge is -2.11. The molecular formula is C23H15Br3N2O2. The van der Waals surface area contributed by atoms with E-state index in [4.69, 9.17) is 4.74 Å². The van der Waals surface area contributed by atoms with Gasteiger partial charge in [-0.1, -0.05) is 66.0 Å². The van der Waals surface area contributed by atoms with Crippen LogP contribution >= 0.6 is 47.8 Å². The van der Waals surface area contributed by atoms with Crippen LogP contribution in [-0.4, -0.2) is 5.91 Å². The number of carbonyl (C=O) groups is 1. The lowest BCUT2D eigenvalue weighted by Crippen LogP contribution is -2.13. The predicted octanol–water partition coefficient (Wildman–Crippen LogP) is 7.10. The quantitative estimate of drug-likeness (QED) is 0.246. The molecule has 150 valence electrons. The van der Waals surface area contributed by atoms with Crippen LogP contribution in [0.5, 0.6) is 5.75 Å². The molecule has 0 fully saturated rings. The van der Waals surface area contributed by atoms with Gasteiger partial charge in [0.15, 0.2) is 0 Å². The smallest absolute Gasteiger partial charge is 0.266 e. The first-order chi connectivity index (χ1) is 14.5. The van der Waals surface area contributed by atoms with Gasteiger partial charge in [0.25, 0.3) is 5.91 Å². The van der Waals surface area contributed by atoms with Gasteiger partial charge in [0.2, 0.25) is 0 Å². The third-order valence-corrected chi connectivity index (χ3v) is 5.88. The molecule has 3 aromatic rings. The molecule has 30 heavy (non-hydrogen) atoms. The number of carbonyl (C=O) groups excluding carboxylic acids is 1. The van der Waals surface area contributed by atoms with Crippen LogP contribution in [0.4, 0.5) is 5.69 Å². The normalized spacial score (nSPS) is 10.9. The van der Waals surface area contributed by atoms with Crippen molar-refractivity contribution in [2.45, 2.75) is 6.61 Å². The van der Waals surface area contributed by atoms with E-state index in [1.807, 2.05) is 48.5 Å². The monoisotopic (exact) mass is 588 g/mol. The maximum atomic E-state index is 12.6. The zero-order valence-corrected chi connectivity index (χ0v) is 20.3. The number of ether oxygens (including phenoxy) is 1. The summed E-state index contributed by atoms with van der Waals surface area (Å²) in [7, 11) is 0. The first-order valence-electron chi connectivity index (χ1n) is 8.81. The van der Waals surface area contributed by atoms with Crippen molar-refractivity contribution in [2.24, 2.45) is 0 Å². The summed E-state index contributed by atoms with van der Waals surface area (Å²) in [5, 5.41) is 12.3. The van der Waals surface area contributed by atoms with Crippen LogP contribution in [-0.2, 0) is 11.4 Å². The van der Waals surface area contributed by atoms with Gasteiger partial charge < -0.3 is 10.1 Å². The van der Waals surface area contributed by atoms with E-state index in [1.54, 1.807) is 24.3 Å². The van der Waals surface area contributed by atoms with Gasteiger partial charge in [-0.2, -0.15) is 5.26 Å². The zero-order valence-electron chi connectivity index (χ0n) is 15.5. The van der Waals surface area contributed by atoms with Crippen molar-refractivity contribution in [3.8, 4) is 11.8 Å². The fourth-order valence-corrected chi connectivity index (χ4v) is 3.61. The fourth-order valence-electron chi connectivity index (χ4n) is 2.57. The number of amides is 1. The van der Waals surface area contributed by atoms with Gasteiger partial charge >= 0.3 is 0 Å². The van der Waals surface area contributed by atoms with E-state index in [1.165, 1.54) is 6.08 Å². The Bertz CT molecular complexity index is 1140. The number of nitriles is 1. The summed E-state index contributed by atoms with van der Waals surface area (Å²) in [6, 6.07) is 22.3. The second kappa shape index (κ2) is 10.6. The highest BCUT2D eigenvalue weighted by Crippen LogP contribution is 2.28. The Labute approximate surface area is 200 Å². The first-order valence-corrected chi connectivity index (χ1v) is 11.2. The molecule has 7 heteroatoms. The molecule has 3 aromatic carbocycles. The molecule has 0 atom stereocenters. The maximum Gasteiger partial charge on any atom is 0.266 e. The maximum absolute atomic E-state index is 12.6. The highest BCUT2D eigenvalue weighted by Gasteiger charge is 2.12. The zero-order chi connectivity index (χ0) is 21.5. The van der Waals surface area contributed by atoms with Crippen LogP contribution in [0.3, 0.4) is 0 Å². The lowest BCUT2D eigenvalue weighted by molar-refractivity contribution is -0.112. The minimum atomic E-state index is -0.489. The molecule has 0 bridgehead atoms. The molecular weight excluding hydrogens is 576 g/mol. The molecule has 0 aromatic heterocycles. The van der Waals surface area contributed by atoms with Crippen molar-refractivity contribution >= 4 is 65.5 Å². The van der Waals surface area contributed by atoms with Gasteiger partial charge in [-0.05, 0) is 54.6 Å². The van der Waals surface area contributed by atoms with E-state index >= 15 is 0 Å². The standard InChI is InChI=1S/C23H15Br3N2O2/c24-18-5-8-20(9-6-18)28-23(29)17(13-27)11-16-12-19(25)7-10-22(16)30-14-15-3-1-2-4-21(15)26/h1-12H,14H2,(H,28,29)/b17-11+. The second-order valence-electron chi connectivity index (χ2n) is 6.19. The highest BCUT2D eigenvalue weighted by atomic mass is 79.9. The molecule has 0 radical (unpaired) electrons. The Morgan fingerprint density at radius 1 is 1.00 bits per heavy atom. The van der Waals surface area contributed by atoms with Gasteiger partial charge in [-0.15, -0.1) is 0 Å².